The second-order valence-electron chi connectivity index (χ2n) is 10.7. The Bertz CT molecular complexity index is 994. The Morgan fingerprint density at radius 2 is 1.82 bits per heavy atom. The number of amides is 2. The van der Waals surface area contributed by atoms with Gasteiger partial charge in [0.2, 0.25) is 11.8 Å². The average molecular weight is 453 g/mol. The number of carbonyl (C=O) groups excluding carboxylic acids is 2. The van der Waals surface area contributed by atoms with Gasteiger partial charge in [0.25, 0.3) is 0 Å². The number of rotatable bonds is 6. The van der Waals surface area contributed by atoms with Crippen molar-refractivity contribution in [1.82, 2.24) is 14.7 Å². The van der Waals surface area contributed by atoms with Gasteiger partial charge in [-0.05, 0) is 57.7 Å². The summed E-state index contributed by atoms with van der Waals surface area (Å²) in [5.41, 5.74) is 3.97. The van der Waals surface area contributed by atoms with Gasteiger partial charge in [-0.1, -0.05) is 52.2 Å². The molecule has 0 unspecified atom stereocenters. The van der Waals surface area contributed by atoms with Crippen LogP contribution < -0.4 is 5.32 Å². The number of benzene rings is 1. The Morgan fingerprint density at radius 3 is 2.42 bits per heavy atom. The maximum Gasteiger partial charge on any atom is 0.245 e. The summed E-state index contributed by atoms with van der Waals surface area (Å²) in [4.78, 5) is 28.1. The summed E-state index contributed by atoms with van der Waals surface area (Å²) in [7, 11) is 0. The molecular formula is C27H40N4O2. The lowest BCUT2D eigenvalue weighted by molar-refractivity contribution is -0.141. The quantitative estimate of drug-likeness (QED) is 0.625. The van der Waals surface area contributed by atoms with E-state index in [-0.39, 0.29) is 35.7 Å². The molecule has 1 aliphatic carbocycles. The molecule has 0 saturated heterocycles. The van der Waals surface area contributed by atoms with E-state index in [0.29, 0.717) is 5.82 Å². The third-order valence-electron chi connectivity index (χ3n) is 6.72. The van der Waals surface area contributed by atoms with E-state index in [1.54, 1.807) is 4.90 Å². The minimum absolute atomic E-state index is 0.0285. The molecule has 3 rings (SSSR count). The molecular weight excluding hydrogens is 412 g/mol. The van der Waals surface area contributed by atoms with Gasteiger partial charge in [0.1, 0.15) is 12.4 Å². The molecule has 0 spiro atoms. The Labute approximate surface area is 198 Å². The van der Waals surface area contributed by atoms with Crippen molar-refractivity contribution in [3.63, 3.8) is 0 Å². The van der Waals surface area contributed by atoms with E-state index >= 15 is 0 Å². The molecule has 1 aliphatic rings. The molecule has 180 valence electrons. The minimum Gasteiger partial charge on any atom is -0.331 e. The molecule has 2 aromatic rings. The van der Waals surface area contributed by atoms with Crippen LogP contribution in [0.3, 0.4) is 0 Å². The summed E-state index contributed by atoms with van der Waals surface area (Å²) < 4.78 is 1.82. The maximum atomic E-state index is 13.2. The van der Waals surface area contributed by atoms with Crippen LogP contribution in [0.2, 0.25) is 0 Å². The smallest absolute Gasteiger partial charge is 0.245 e. The van der Waals surface area contributed by atoms with Gasteiger partial charge in [0.05, 0.1) is 11.4 Å². The first-order valence-electron chi connectivity index (χ1n) is 12.3. The van der Waals surface area contributed by atoms with Gasteiger partial charge in [-0.3, -0.25) is 9.59 Å². The fourth-order valence-corrected chi connectivity index (χ4v) is 4.42. The summed E-state index contributed by atoms with van der Waals surface area (Å²) in [6.07, 6.45) is 5.25. The number of hydrogen-bond donors (Lipinski definition) is 1. The van der Waals surface area contributed by atoms with Gasteiger partial charge < -0.3 is 10.2 Å². The number of aryl methyl sites for hydroxylation is 1. The zero-order valence-electron chi connectivity index (χ0n) is 21.4. The van der Waals surface area contributed by atoms with Crippen LogP contribution in [-0.4, -0.2) is 39.1 Å². The van der Waals surface area contributed by atoms with E-state index in [2.05, 4.69) is 46.0 Å². The highest BCUT2D eigenvalue weighted by atomic mass is 16.2. The topological polar surface area (TPSA) is 67.2 Å². The lowest BCUT2D eigenvalue weighted by Crippen LogP contribution is -2.45. The summed E-state index contributed by atoms with van der Waals surface area (Å²) in [5.74, 6) is 0.590. The molecule has 0 bridgehead atoms. The lowest BCUT2D eigenvalue weighted by atomic mass is 9.88. The zero-order chi connectivity index (χ0) is 24.3. The van der Waals surface area contributed by atoms with Gasteiger partial charge in [-0.25, -0.2) is 4.68 Å². The lowest BCUT2D eigenvalue weighted by Gasteiger charge is -2.31. The monoisotopic (exact) mass is 452 g/mol. The van der Waals surface area contributed by atoms with E-state index in [0.717, 1.165) is 42.6 Å². The van der Waals surface area contributed by atoms with Crippen molar-refractivity contribution in [2.45, 2.75) is 92.0 Å². The molecule has 1 N–H and O–H groups in total. The van der Waals surface area contributed by atoms with Crippen molar-refractivity contribution >= 4 is 17.6 Å². The summed E-state index contributed by atoms with van der Waals surface area (Å²) >= 11 is 0. The van der Waals surface area contributed by atoms with Gasteiger partial charge in [-0.2, -0.15) is 5.10 Å². The zero-order valence-corrected chi connectivity index (χ0v) is 21.4. The van der Waals surface area contributed by atoms with Crippen LogP contribution >= 0.6 is 0 Å². The predicted octanol–water partition coefficient (Wildman–Crippen LogP) is 5.54. The van der Waals surface area contributed by atoms with Crippen molar-refractivity contribution in [2.24, 2.45) is 5.92 Å². The van der Waals surface area contributed by atoms with Crippen LogP contribution in [0.5, 0.6) is 0 Å². The molecule has 6 nitrogen and oxygen atoms in total. The normalized spacial score (nSPS) is 15.0. The highest BCUT2D eigenvalue weighted by Gasteiger charge is 2.29. The van der Waals surface area contributed by atoms with Crippen LogP contribution in [0.1, 0.15) is 83.5 Å². The minimum atomic E-state index is -0.195. The third kappa shape index (κ3) is 5.84. The van der Waals surface area contributed by atoms with Crippen molar-refractivity contribution in [2.75, 3.05) is 11.9 Å². The molecule has 1 aromatic heterocycles. The number of anilines is 1. The average Bonchev–Trinajstić information content (AvgIpc) is 3.18. The molecule has 0 atom stereocenters. The Balaban J connectivity index is 1.86. The molecule has 6 heteroatoms. The second kappa shape index (κ2) is 10.1. The second-order valence-corrected chi connectivity index (χ2v) is 10.7. The molecule has 1 aromatic carbocycles. The number of aromatic nitrogens is 2. The predicted molar refractivity (Wildman–Crippen MR) is 134 cm³/mol. The molecule has 1 heterocycles. The van der Waals surface area contributed by atoms with E-state index in [4.69, 9.17) is 5.10 Å². The SMILES string of the molecule is Cc1cccc(-n2nc(C(C)(C)C)cc2NC(=O)CN(C(=O)C2CCCCC2)C(C)C)c1C. The van der Waals surface area contributed by atoms with Crippen LogP contribution in [0.4, 0.5) is 5.82 Å². The fraction of sp³-hybridized carbons (Fsp3) is 0.593. The highest BCUT2D eigenvalue weighted by Crippen LogP contribution is 2.29. The first kappa shape index (κ1) is 25.0. The van der Waals surface area contributed by atoms with Crippen molar-refractivity contribution in [3.8, 4) is 5.69 Å². The summed E-state index contributed by atoms with van der Waals surface area (Å²) in [6, 6.07) is 8.01. The van der Waals surface area contributed by atoms with E-state index in [9.17, 15) is 9.59 Å². The van der Waals surface area contributed by atoms with Crippen molar-refractivity contribution < 1.29 is 9.59 Å². The van der Waals surface area contributed by atoms with Gasteiger partial charge in [-0.15, -0.1) is 0 Å². The van der Waals surface area contributed by atoms with Gasteiger partial charge in [0.15, 0.2) is 0 Å². The van der Waals surface area contributed by atoms with Crippen LogP contribution in [0.15, 0.2) is 24.3 Å². The van der Waals surface area contributed by atoms with Crippen molar-refractivity contribution in [3.05, 3.63) is 41.1 Å². The number of hydrogen-bond acceptors (Lipinski definition) is 3. The molecule has 1 fully saturated rings. The Kier molecular flexibility index (Phi) is 7.65. The number of carbonyl (C=O) groups is 2. The van der Waals surface area contributed by atoms with Crippen LogP contribution in [0.25, 0.3) is 5.69 Å². The fourth-order valence-electron chi connectivity index (χ4n) is 4.42. The summed E-state index contributed by atoms with van der Waals surface area (Å²) in [5, 5.41) is 7.91. The van der Waals surface area contributed by atoms with Crippen LogP contribution in [-0.2, 0) is 15.0 Å². The number of nitrogens with zero attached hydrogens (tertiary/aromatic N) is 3. The molecule has 33 heavy (non-hydrogen) atoms. The first-order chi connectivity index (χ1) is 15.5. The largest absolute Gasteiger partial charge is 0.331 e. The first-order valence-corrected chi connectivity index (χ1v) is 12.3. The third-order valence-corrected chi connectivity index (χ3v) is 6.72. The van der Waals surface area contributed by atoms with Crippen LogP contribution in [0, 0.1) is 19.8 Å². The molecule has 0 aliphatic heterocycles. The van der Waals surface area contributed by atoms with Gasteiger partial charge >= 0.3 is 0 Å². The Morgan fingerprint density at radius 1 is 1.15 bits per heavy atom. The van der Waals surface area contributed by atoms with Gasteiger partial charge in [0, 0.05) is 23.4 Å². The molecule has 1 saturated carbocycles. The number of nitrogens with one attached hydrogen (secondary N) is 1. The standard InChI is InChI=1S/C27H40N4O2/c1-18(2)30(26(33)21-13-9-8-10-14-21)17-25(32)28-24-16-23(27(5,6)7)29-31(24)22-15-11-12-19(3)20(22)4/h11-12,15-16,18,21H,8-10,13-14,17H2,1-7H3,(H,28,32). The summed E-state index contributed by atoms with van der Waals surface area (Å²) in [6.45, 7) is 14.5. The van der Waals surface area contributed by atoms with E-state index in [1.165, 1.54) is 12.0 Å². The molecule has 0 radical (unpaired) electrons. The molecule has 2 amide bonds. The van der Waals surface area contributed by atoms with E-state index in [1.807, 2.05) is 36.7 Å². The van der Waals surface area contributed by atoms with Crippen molar-refractivity contribution in [1.29, 1.82) is 0 Å². The highest BCUT2D eigenvalue weighted by molar-refractivity contribution is 5.94. The Hall–Kier alpha value is -2.63. The van der Waals surface area contributed by atoms with E-state index < -0.39 is 0 Å². The maximum absolute atomic E-state index is 13.2.